The maximum Gasteiger partial charge on any atom is 0.273 e. The van der Waals surface area contributed by atoms with Crippen molar-refractivity contribution in [2.45, 2.75) is 32.4 Å². The molecule has 19 heavy (non-hydrogen) atoms. The average molecular weight is 268 g/mol. The minimum absolute atomic E-state index is 0.0198. The fourth-order valence-electron chi connectivity index (χ4n) is 1.84. The Balaban J connectivity index is 2.76. The van der Waals surface area contributed by atoms with Crippen molar-refractivity contribution in [3.8, 4) is 5.75 Å². The lowest BCUT2D eigenvalue weighted by atomic mass is 10.1. The number of nitro benzene ring substituents is 1. The van der Waals surface area contributed by atoms with Crippen molar-refractivity contribution in [1.82, 2.24) is 5.32 Å². The first-order chi connectivity index (χ1) is 9.10. The van der Waals surface area contributed by atoms with Crippen LogP contribution in [0.15, 0.2) is 18.2 Å². The molecule has 0 heterocycles. The lowest BCUT2D eigenvalue weighted by Gasteiger charge is -2.15. The lowest BCUT2D eigenvalue weighted by molar-refractivity contribution is -0.385. The van der Waals surface area contributed by atoms with E-state index in [1.54, 1.807) is 6.07 Å². The van der Waals surface area contributed by atoms with Gasteiger partial charge in [0.15, 0.2) is 0 Å². The van der Waals surface area contributed by atoms with Gasteiger partial charge in [-0.2, -0.15) is 0 Å². The Hall–Kier alpha value is -1.66. The Labute approximate surface area is 112 Å². The van der Waals surface area contributed by atoms with Crippen molar-refractivity contribution in [3.05, 3.63) is 33.9 Å². The molecular formula is C13H20N2O4. The van der Waals surface area contributed by atoms with Gasteiger partial charge in [0.05, 0.1) is 18.1 Å². The van der Waals surface area contributed by atoms with E-state index in [0.29, 0.717) is 18.7 Å². The number of aliphatic hydroxyl groups is 1. The summed E-state index contributed by atoms with van der Waals surface area (Å²) in [4.78, 5) is 10.4. The second-order valence-electron chi connectivity index (χ2n) is 4.29. The maximum absolute atomic E-state index is 10.8. The molecule has 6 heteroatoms. The first kappa shape index (κ1) is 15.4. The highest BCUT2D eigenvalue weighted by Gasteiger charge is 2.11. The molecule has 1 aromatic rings. The number of nitrogens with one attached hydrogen (secondary N) is 1. The van der Waals surface area contributed by atoms with Crippen LogP contribution in [0.3, 0.4) is 0 Å². The topological polar surface area (TPSA) is 84.6 Å². The number of nitrogens with zero attached hydrogens (tertiary/aromatic N) is 1. The second kappa shape index (κ2) is 7.70. The summed E-state index contributed by atoms with van der Waals surface area (Å²) in [7, 11) is 1.48. The van der Waals surface area contributed by atoms with Gasteiger partial charge < -0.3 is 15.2 Å². The minimum atomic E-state index is -0.433. The van der Waals surface area contributed by atoms with Crippen LogP contribution in [0.4, 0.5) is 5.69 Å². The summed E-state index contributed by atoms with van der Waals surface area (Å²) in [5, 5.41) is 23.0. The van der Waals surface area contributed by atoms with Crippen LogP contribution in [0, 0.1) is 10.1 Å². The molecule has 1 aromatic carbocycles. The van der Waals surface area contributed by atoms with Gasteiger partial charge in [-0.1, -0.05) is 6.92 Å². The number of hydrogen-bond acceptors (Lipinski definition) is 5. The predicted octanol–water partition coefficient (Wildman–Crippen LogP) is 1.85. The molecule has 2 N–H and O–H groups in total. The molecule has 106 valence electrons. The van der Waals surface area contributed by atoms with Crippen molar-refractivity contribution in [2.24, 2.45) is 0 Å². The van der Waals surface area contributed by atoms with E-state index in [1.807, 2.05) is 6.92 Å². The molecular weight excluding hydrogens is 248 g/mol. The molecule has 0 amide bonds. The van der Waals surface area contributed by atoms with Gasteiger partial charge in [0.25, 0.3) is 5.69 Å². The van der Waals surface area contributed by atoms with E-state index in [2.05, 4.69) is 5.32 Å². The summed E-state index contributed by atoms with van der Waals surface area (Å²) in [6.45, 7) is 2.67. The summed E-state index contributed by atoms with van der Waals surface area (Å²) in [6, 6.07) is 4.90. The largest absolute Gasteiger partial charge is 0.496 e. The molecule has 0 bridgehead atoms. The zero-order valence-electron chi connectivity index (χ0n) is 11.3. The fourth-order valence-corrected chi connectivity index (χ4v) is 1.84. The SMILES string of the molecule is CCC(CCO)NCc1cc(OC)cc([N+](=O)[O-])c1. The smallest absolute Gasteiger partial charge is 0.273 e. The van der Waals surface area contributed by atoms with Crippen molar-refractivity contribution in [1.29, 1.82) is 0 Å². The van der Waals surface area contributed by atoms with Gasteiger partial charge in [-0.3, -0.25) is 10.1 Å². The molecule has 0 radical (unpaired) electrons. The number of rotatable bonds is 8. The van der Waals surface area contributed by atoms with E-state index in [0.717, 1.165) is 12.0 Å². The Morgan fingerprint density at radius 2 is 2.21 bits per heavy atom. The van der Waals surface area contributed by atoms with Gasteiger partial charge in [0.2, 0.25) is 0 Å². The van der Waals surface area contributed by atoms with Crippen LogP contribution in [0.5, 0.6) is 5.75 Å². The van der Waals surface area contributed by atoms with Gasteiger partial charge in [-0.05, 0) is 24.5 Å². The third-order valence-electron chi connectivity index (χ3n) is 2.96. The van der Waals surface area contributed by atoms with Gasteiger partial charge in [0.1, 0.15) is 5.75 Å². The van der Waals surface area contributed by atoms with E-state index < -0.39 is 4.92 Å². The normalized spacial score (nSPS) is 12.2. The second-order valence-corrected chi connectivity index (χ2v) is 4.29. The molecule has 0 aliphatic rings. The Bertz CT molecular complexity index is 423. The molecule has 1 atom stereocenters. The molecule has 1 rings (SSSR count). The van der Waals surface area contributed by atoms with Crippen LogP contribution in [-0.4, -0.2) is 29.8 Å². The number of benzene rings is 1. The van der Waals surface area contributed by atoms with Gasteiger partial charge in [0, 0.05) is 25.3 Å². The quantitative estimate of drug-likeness (QED) is 0.555. The highest BCUT2D eigenvalue weighted by Crippen LogP contribution is 2.22. The number of non-ortho nitro benzene ring substituents is 1. The molecule has 0 fully saturated rings. The minimum Gasteiger partial charge on any atom is -0.496 e. The lowest BCUT2D eigenvalue weighted by Crippen LogP contribution is -2.28. The van der Waals surface area contributed by atoms with Crippen molar-refractivity contribution < 1.29 is 14.8 Å². The van der Waals surface area contributed by atoms with Gasteiger partial charge >= 0.3 is 0 Å². The zero-order valence-corrected chi connectivity index (χ0v) is 11.3. The Morgan fingerprint density at radius 3 is 2.74 bits per heavy atom. The molecule has 1 unspecified atom stereocenters. The first-order valence-corrected chi connectivity index (χ1v) is 6.27. The van der Waals surface area contributed by atoms with Crippen LogP contribution in [0.2, 0.25) is 0 Å². The number of hydrogen-bond donors (Lipinski definition) is 2. The molecule has 6 nitrogen and oxygen atoms in total. The number of nitro groups is 1. The van der Waals surface area contributed by atoms with Gasteiger partial charge in [-0.25, -0.2) is 0 Å². The van der Waals surface area contributed by atoms with Crippen molar-refractivity contribution in [3.63, 3.8) is 0 Å². The summed E-state index contributed by atoms with van der Waals surface area (Å²) >= 11 is 0. The molecule has 0 saturated carbocycles. The zero-order chi connectivity index (χ0) is 14.3. The van der Waals surface area contributed by atoms with Crippen LogP contribution < -0.4 is 10.1 Å². The van der Waals surface area contributed by atoms with Crippen LogP contribution >= 0.6 is 0 Å². The summed E-state index contributed by atoms with van der Waals surface area (Å²) in [6.07, 6.45) is 1.56. The predicted molar refractivity (Wildman–Crippen MR) is 72.3 cm³/mol. The number of aliphatic hydroxyl groups excluding tert-OH is 1. The summed E-state index contributed by atoms with van der Waals surface area (Å²) in [5.41, 5.74) is 0.814. The molecule has 0 saturated heterocycles. The highest BCUT2D eigenvalue weighted by molar-refractivity contribution is 5.42. The van der Waals surface area contributed by atoms with E-state index in [-0.39, 0.29) is 18.3 Å². The first-order valence-electron chi connectivity index (χ1n) is 6.27. The van der Waals surface area contributed by atoms with Gasteiger partial charge in [-0.15, -0.1) is 0 Å². The van der Waals surface area contributed by atoms with E-state index >= 15 is 0 Å². The summed E-state index contributed by atoms with van der Waals surface area (Å²) in [5.74, 6) is 0.473. The van der Waals surface area contributed by atoms with Crippen LogP contribution in [0.1, 0.15) is 25.3 Å². The standard InChI is InChI=1S/C13H20N2O4/c1-3-11(4-5-16)14-9-10-6-12(15(17)18)8-13(7-10)19-2/h6-8,11,14,16H,3-5,9H2,1-2H3. The molecule has 0 aliphatic carbocycles. The average Bonchev–Trinajstić information content (AvgIpc) is 2.42. The molecule has 0 aliphatic heterocycles. The fraction of sp³-hybridized carbons (Fsp3) is 0.538. The summed E-state index contributed by atoms with van der Waals surface area (Å²) < 4.78 is 5.05. The van der Waals surface area contributed by atoms with Crippen LogP contribution in [0.25, 0.3) is 0 Å². The highest BCUT2D eigenvalue weighted by atomic mass is 16.6. The van der Waals surface area contributed by atoms with E-state index in [1.165, 1.54) is 19.2 Å². The van der Waals surface area contributed by atoms with Crippen molar-refractivity contribution in [2.75, 3.05) is 13.7 Å². The third kappa shape index (κ3) is 4.84. The molecule has 0 aromatic heterocycles. The van der Waals surface area contributed by atoms with Crippen LogP contribution in [-0.2, 0) is 6.54 Å². The molecule has 0 spiro atoms. The Kier molecular flexibility index (Phi) is 6.24. The maximum atomic E-state index is 10.8. The third-order valence-corrected chi connectivity index (χ3v) is 2.96. The van der Waals surface area contributed by atoms with E-state index in [4.69, 9.17) is 9.84 Å². The van der Waals surface area contributed by atoms with E-state index in [9.17, 15) is 10.1 Å². The van der Waals surface area contributed by atoms with Crippen molar-refractivity contribution >= 4 is 5.69 Å². The Morgan fingerprint density at radius 1 is 1.47 bits per heavy atom. The number of methoxy groups -OCH3 is 1. The monoisotopic (exact) mass is 268 g/mol. The number of ether oxygens (including phenoxy) is 1.